The van der Waals surface area contributed by atoms with Gasteiger partial charge in [-0.3, -0.25) is 4.79 Å². The highest BCUT2D eigenvalue weighted by Crippen LogP contribution is 2.19. The summed E-state index contributed by atoms with van der Waals surface area (Å²) in [7, 11) is 1.66. The van der Waals surface area contributed by atoms with Crippen LogP contribution in [0.1, 0.15) is 27.2 Å². The fourth-order valence-electron chi connectivity index (χ4n) is 2.85. The van der Waals surface area contributed by atoms with Crippen molar-refractivity contribution in [2.24, 2.45) is 0 Å². The molecule has 5 nitrogen and oxygen atoms in total. The number of nitrogens with zero attached hydrogens (tertiary/aromatic N) is 1. The van der Waals surface area contributed by atoms with Crippen molar-refractivity contribution in [3.05, 3.63) is 83.2 Å². The standard InChI is InChI=1S/C23H25N3O2/c1-16-5-4-6-21(17(16)2)26-23(27)22-12-9-19(15-25-22)24-14-13-18-7-10-20(28-3)11-8-18/h4-12,15,24H,13-14H2,1-3H3,(H,26,27). The molecule has 1 heterocycles. The zero-order chi connectivity index (χ0) is 19.9. The van der Waals surface area contributed by atoms with Gasteiger partial charge in [0.15, 0.2) is 0 Å². The van der Waals surface area contributed by atoms with Gasteiger partial charge in [-0.2, -0.15) is 0 Å². The van der Waals surface area contributed by atoms with Crippen molar-refractivity contribution in [3.63, 3.8) is 0 Å². The Morgan fingerprint density at radius 3 is 2.50 bits per heavy atom. The van der Waals surface area contributed by atoms with Gasteiger partial charge in [-0.05, 0) is 67.3 Å². The summed E-state index contributed by atoms with van der Waals surface area (Å²) in [4.78, 5) is 16.7. The van der Waals surface area contributed by atoms with Gasteiger partial charge in [-0.25, -0.2) is 4.98 Å². The number of aryl methyl sites for hydroxylation is 1. The summed E-state index contributed by atoms with van der Waals surface area (Å²) in [5.41, 5.74) is 5.52. The molecule has 2 N–H and O–H groups in total. The normalized spacial score (nSPS) is 10.4. The molecule has 3 aromatic rings. The fraction of sp³-hybridized carbons (Fsp3) is 0.217. The molecule has 0 radical (unpaired) electrons. The second kappa shape index (κ2) is 9.04. The average molecular weight is 375 g/mol. The molecule has 2 aromatic carbocycles. The number of rotatable bonds is 7. The molecular formula is C23H25N3O2. The van der Waals surface area contributed by atoms with E-state index in [2.05, 4.69) is 27.8 Å². The van der Waals surface area contributed by atoms with Crippen LogP contribution in [0.15, 0.2) is 60.8 Å². The van der Waals surface area contributed by atoms with E-state index in [0.717, 1.165) is 41.2 Å². The zero-order valence-electron chi connectivity index (χ0n) is 16.5. The number of anilines is 2. The van der Waals surface area contributed by atoms with Crippen molar-refractivity contribution in [3.8, 4) is 5.75 Å². The number of nitrogens with one attached hydrogen (secondary N) is 2. The Bertz CT molecular complexity index is 935. The number of ether oxygens (including phenoxy) is 1. The molecule has 0 aliphatic heterocycles. The first-order chi connectivity index (χ1) is 13.6. The number of benzene rings is 2. The van der Waals surface area contributed by atoms with Gasteiger partial charge in [0.05, 0.1) is 19.0 Å². The third kappa shape index (κ3) is 4.88. The average Bonchev–Trinajstić information content (AvgIpc) is 2.72. The third-order valence-electron chi connectivity index (χ3n) is 4.75. The Balaban J connectivity index is 1.53. The predicted molar refractivity (Wildman–Crippen MR) is 113 cm³/mol. The summed E-state index contributed by atoms with van der Waals surface area (Å²) in [5, 5.41) is 6.26. The number of carbonyl (C=O) groups excluding carboxylic acids is 1. The molecule has 1 amide bonds. The minimum Gasteiger partial charge on any atom is -0.497 e. The molecule has 0 bridgehead atoms. The van der Waals surface area contributed by atoms with Crippen molar-refractivity contribution in [2.75, 3.05) is 24.3 Å². The second-order valence-corrected chi connectivity index (χ2v) is 6.66. The number of amides is 1. The minimum atomic E-state index is -0.210. The van der Waals surface area contributed by atoms with Crippen molar-refractivity contribution in [2.45, 2.75) is 20.3 Å². The lowest BCUT2D eigenvalue weighted by molar-refractivity contribution is 0.102. The van der Waals surface area contributed by atoms with Crippen LogP contribution in [0.3, 0.4) is 0 Å². The first-order valence-electron chi connectivity index (χ1n) is 9.27. The van der Waals surface area contributed by atoms with Crippen LogP contribution < -0.4 is 15.4 Å². The van der Waals surface area contributed by atoms with Crippen LogP contribution in [-0.4, -0.2) is 24.5 Å². The lowest BCUT2D eigenvalue weighted by Crippen LogP contribution is -2.15. The summed E-state index contributed by atoms with van der Waals surface area (Å²) in [6.07, 6.45) is 2.57. The van der Waals surface area contributed by atoms with E-state index in [1.165, 1.54) is 5.56 Å². The quantitative estimate of drug-likeness (QED) is 0.633. The molecule has 0 aliphatic carbocycles. The summed E-state index contributed by atoms with van der Waals surface area (Å²) in [6, 6.07) is 17.5. The zero-order valence-corrected chi connectivity index (χ0v) is 16.5. The van der Waals surface area contributed by atoms with Crippen LogP contribution in [0.5, 0.6) is 5.75 Å². The summed E-state index contributed by atoms with van der Waals surface area (Å²) in [6.45, 7) is 4.80. The highest BCUT2D eigenvalue weighted by Gasteiger charge is 2.10. The number of hydrogen-bond acceptors (Lipinski definition) is 4. The second-order valence-electron chi connectivity index (χ2n) is 6.66. The molecule has 144 valence electrons. The fourth-order valence-corrected chi connectivity index (χ4v) is 2.85. The van der Waals surface area contributed by atoms with Crippen LogP contribution in [-0.2, 0) is 6.42 Å². The molecule has 28 heavy (non-hydrogen) atoms. The van der Waals surface area contributed by atoms with Gasteiger partial charge in [-0.1, -0.05) is 24.3 Å². The highest BCUT2D eigenvalue weighted by molar-refractivity contribution is 6.03. The van der Waals surface area contributed by atoms with Gasteiger partial charge in [0, 0.05) is 12.2 Å². The van der Waals surface area contributed by atoms with E-state index in [0.29, 0.717) is 5.69 Å². The van der Waals surface area contributed by atoms with E-state index in [9.17, 15) is 4.79 Å². The largest absolute Gasteiger partial charge is 0.497 e. The Kier molecular flexibility index (Phi) is 6.27. The van der Waals surface area contributed by atoms with Crippen LogP contribution in [0.4, 0.5) is 11.4 Å². The van der Waals surface area contributed by atoms with Crippen LogP contribution in [0.2, 0.25) is 0 Å². The molecule has 1 aromatic heterocycles. The minimum absolute atomic E-state index is 0.210. The number of hydrogen-bond donors (Lipinski definition) is 2. The van der Waals surface area contributed by atoms with Gasteiger partial charge < -0.3 is 15.4 Å². The molecule has 3 rings (SSSR count). The van der Waals surface area contributed by atoms with Crippen molar-refractivity contribution in [1.82, 2.24) is 4.98 Å². The Labute approximate surface area is 165 Å². The smallest absolute Gasteiger partial charge is 0.274 e. The van der Waals surface area contributed by atoms with Crippen LogP contribution >= 0.6 is 0 Å². The van der Waals surface area contributed by atoms with E-state index in [4.69, 9.17) is 4.74 Å². The Morgan fingerprint density at radius 1 is 1.04 bits per heavy atom. The lowest BCUT2D eigenvalue weighted by atomic mass is 10.1. The van der Waals surface area contributed by atoms with Gasteiger partial charge in [-0.15, -0.1) is 0 Å². The number of carbonyl (C=O) groups is 1. The molecule has 0 spiro atoms. The molecule has 0 fully saturated rings. The number of methoxy groups -OCH3 is 1. The van der Waals surface area contributed by atoms with Crippen LogP contribution in [0.25, 0.3) is 0 Å². The van der Waals surface area contributed by atoms with E-state index in [1.54, 1.807) is 19.4 Å². The summed E-state index contributed by atoms with van der Waals surface area (Å²) in [5.74, 6) is 0.647. The van der Waals surface area contributed by atoms with E-state index < -0.39 is 0 Å². The topological polar surface area (TPSA) is 63.2 Å². The lowest BCUT2D eigenvalue weighted by Gasteiger charge is -2.11. The Morgan fingerprint density at radius 2 is 1.82 bits per heavy atom. The molecule has 0 aliphatic rings. The van der Waals surface area contributed by atoms with Crippen molar-refractivity contribution < 1.29 is 9.53 Å². The molecule has 0 atom stereocenters. The van der Waals surface area contributed by atoms with Gasteiger partial charge in [0.25, 0.3) is 5.91 Å². The summed E-state index contributed by atoms with van der Waals surface area (Å²) >= 11 is 0. The maximum absolute atomic E-state index is 12.4. The van der Waals surface area contributed by atoms with Gasteiger partial charge >= 0.3 is 0 Å². The number of aromatic nitrogens is 1. The van der Waals surface area contributed by atoms with E-state index >= 15 is 0 Å². The molecule has 5 heteroatoms. The van der Waals surface area contributed by atoms with Crippen molar-refractivity contribution >= 4 is 17.3 Å². The SMILES string of the molecule is COc1ccc(CCNc2ccc(C(=O)Nc3cccc(C)c3C)nc2)cc1. The molecule has 0 unspecified atom stereocenters. The molecule has 0 saturated heterocycles. The maximum atomic E-state index is 12.4. The van der Waals surface area contributed by atoms with Crippen molar-refractivity contribution in [1.29, 1.82) is 0 Å². The first kappa shape index (κ1) is 19.4. The van der Waals surface area contributed by atoms with Gasteiger partial charge in [0.2, 0.25) is 0 Å². The highest BCUT2D eigenvalue weighted by atomic mass is 16.5. The molecular weight excluding hydrogens is 350 g/mol. The predicted octanol–water partition coefficient (Wildman–Crippen LogP) is 4.61. The maximum Gasteiger partial charge on any atom is 0.274 e. The Hall–Kier alpha value is -3.34. The molecule has 0 saturated carbocycles. The van der Waals surface area contributed by atoms with Crippen LogP contribution in [0, 0.1) is 13.8 Å². The summed E-state index contributed by atoms with van der Waals surface area (Å²) < 4.78 is 5.17. The van der Waals surface area contributed by atoms with E-state index in [-0.39, 0.29) is 5.91 Å². The number of pyridine rings is 1. The monoisotopic (exact) mass is 375 g/mol. The van der Waals surface area contributed by atoms with Gasteiger partial charge in [0.1, 0.15) is 11.4 Å². The van der Waals surface area contributed by atoms with E-state index in [1.807, 2.05) is 50.2 Å². The third-order valence-corrected chi connectivity index (χ3v) is 4.75. The first-order valence-corrected chi connectivity index (χ1v) is 9.27.